The number of nitrogens with zero attached hydrogens (tertiary/aromatic N) is 2. The van der Waals surface area contributed by atoms with Gasteiger partial charge in [0.25, 0.3) is 0 Å². The van der Waals surface area contributed by atoms with Crippen LogP contribution in [-0.2, 0) is 32.2 Å². The highest BCUT2D eigenvalue weighted by Gasteiger charge is 2.23. The Bertz CT molecular complexity index is 1320. The molecule has 0 aliphatic rings. The second-order valence-electron chi connectivity index (χ2n) is 8.33. The van der Waals surface area contributed by atoms with Crippen molar-refractivity contribution in [2.24, 2.45) is 0 Å². The molecule has 0 N–H and O–H groups in total. The summed E-state index contributed by atoms with van der Waals surface area (Å²) in [5.41, 5.74) is 1.06. The second kappa shape index (κ2) is 13.2. The van der Waals surface area contributed by atoms with Crippen LogP contribution in [0.5, 0.6) is 0 Å². The van der Waals surface area contributed by atoms with Crippen molar-refractivity contribution in [1.82, 2.24) is 9.80 Å². The number of ether oxygens (including phenoxy) is 1. The lowest BCUT2D eigenvalue weighted by molar-refractivity contribution is -0.146. The number of fused-ring (bicyclic) bond motifs is 1. The van der Waals surface area contributed by atoms with Gasteiger partial charge in [-0.2, -0.15) is 0 Å². The van der Waals surface area contributed by atoms with Gasteiger partial charge in [-0.25, -0.2) is 4.39 Å². The Kier molecular flexibility index (Phi) is 9.71. The van der Waals surface area contributed by atoms with E-state index in [0.717, 1.165) is 0 Å². The molecule has 0 aliphatic carbocycles. The molecule has 0 radical (unpaired) electrons. The van der Waals surface area contributed by atoms with Gasteiger partial charge in [-0.3, -0.25) is 19.2 Å². The number of para-hydroxylation sites is 1. The van der Waals surface area contributed by atoms with E-state index in [1.54, 1.807) is 43.3 Å². The number of halogens is 1. The SMILES string of the molecule is C=CCN(CC(=O)N(Cc1ccc(F)cc1)Cc1coc2ccccc2c1=O)C(=O)CCC(=O)OCC. The summed E-state index contributed by atoms with van der Waals surface area (Å²) in [5, 5.41) is 0.386. The molecule has 8 nitrogen and oxygen atoms in total. The van der Waals surface area contributed by atoms with Crippen LogP contribution in [0.2, 0.25) is 0 Å². The van der Waals surface area contributed by atoms with Gasteiger partial charge in [0.15, 0.2) is 5.43 Å². The summed E-state index contributed by atoms with van der Waals surface area (Å²) in [6.45, 7) is 5.32. The lowest BCUT2D eigenvalue weighted by Crippen LogP contribution is -2.43. The number of rotatable bonds is 12. The predicted molar refractivity (Wildman–Crippen MR) is 136 cm³/mol. The molecule has 2 aromatic carbocycles. The average molecular weight is 509 g/mol. The Morgan fingerprint density at radius 2 is 1.73 bits per heavy atom. The van der Waals surface area contributed by atoms with Gasteiger partial charge in [-0.15, -0.1) is 6.58 Å². The molecule has 0 spiro atoms. The van der Waals surface area contributed by atoms with Gasteiger partial charge >= 0.3 is 5.97 Å². The molecule has 0 aliphatic heterocycles. The highest BCUT2D eigenvalue weighted by molar-refractivity contribution is 5.87. The summed E-state index contributed by atoms with van der Waals surface area (Å²) in [4.78, 5) is 53.6. The van der Waals surface area contributed by atoms with E-state index >= 15 is 0 Å². The normalized spacial score (nSPS) is 10.6. The summed E-state index contributed by atoms with van der Waals surface area (Å²) in [5.74, 6) is -1.76. The van der Waals surface area contributed by atoms with E-state index in [9.17, 15) is 23.6 Å². The number of carbonyl (C=O) groups excluding carboxylic acids is 3. The zero-order valence-corrected chi connectivity index (χ0v) is 20.7. The molecule has 194 valence electrons. The van der Waals surface area contributed by atoms with Crippen LogP contribution < -0.4 is 5.43 Å². The fourth-order valence-corrected chi connectivity index (χ4v) is 3.75. The van der Waals surface area contributed by atoms with E-state index in [0.29, 0.717) is 16.5 Å². The smallest absolute Gasteiger partial charge is 0.306 e. The topological polar surface area (TPSA) is 97.1 Å². The quantitative estimate of drug-likeness (QED) is 0.273. The van der Waals surface area contributed by atoms with Crippen molar-refractivity contribution in [2.45, 2.75) is 32.9 Å². The van der Waals surface area contributed by atoms with E-state index in [4.69, 9.17) is 9.15 Å². The summed E-state index contributed by atoms with van der Waals surface area (Å²) < 4.78 is 23.9. The maximum absolute atomic E-state index is 13.4. The minimum Gasteiger partial charge on any atom is -0.466 e. The molecule has 37 heavy (non-hydrogen) atoms. The fourth-order valence-electron chi connectivity index (χ4n) is 3.75. The van der Waals surface area contributed by atoms with Gasteiger partial charge in [-0.05, 0) is 36.8 Å². The van der Waals surface area contributed by atoms with E-state index in [2.05, 4.69) is 6.58 Å². The third-order valence-electron chi connectivity index (χ3n) is 5.63. The number of esters is 1. The van der Waals surface area contributed by atoms with E-state index in [1.165, 1.54) is 34.3 Å². The van der Waals surface area contributed by atoms with E-state index < -0.39 is 23.6 Å². The monoisotopic (exact) mass is 508 g/mol. The summed E-state index contributed by atoms with van der Waals surface area (Å²) >= 11 is 0. The molecule has 0 saturated carbocycles. The Balaban J connectivity index is 1.83. The molecular weight excluding hydrogens is 479 g/mol. The molecule has 0 bridgehead atoms. The van der Waals surface area contributed by atoms with Gasteiger partial charge in [-0.1, -0.05) is 30.3 Å². The molecule has 0 saturated heterocycles. The van der Waals surface area contributed by atoms with Gasteiger partial charge in [0, 0.05) is 19.5 Å². The van der Waals surface area contributed by atoms with Gasteiger partial charge in [0.05, 0.1) is 36.8 Å². The molecule has 1 aromatic heterocycles. The van der Waals surface area contributed by atoms with Crippen LogP contribution in [0.1, 0.15) is 30.9 Å². The average Bonchev–Trinajstić information content (AvgIpc) is 2.89. The largest absolute Gasteiger partial charge is 0.466 e. The standard InChI is InChI=1S/C28H29FN2O6/c1-3-15-30(25(32)13-14-27(34)36-4-2)18-26(33)31(16-20-9-11-22(29)12-10-20)17-21-19-37-24-8-6-5-7-23(24)28(21)35/h3,5-12,19H,1,4,13-18H2,2H3. The molecule has 0 atom stereocenters. The predicted octanol–water partition coefficient (Wildman–Crippen LogP) is 3.82. The van der Waals surface area contributed by atoms with Crippen LogP contribution in [0, 0.1) is 5.82 Å². The lowest BCUT2D eigenvalue weighted by atomic mass is 10.1. The number of amides is 2. The molecule has 9 heteroatoms. The first kappa shape index (κ1) is 27.3. The van der Waals surface area contributed by atoms with Gasteiger partial charge in [0.1, 0.15) is 17.9 Å². The fraction of sp³-hybridized carbons (Fsp3) is 0.286. The maximum Gasteiger partial charge on any atom is 0.306 e. The van der Waals surface area contributed by atoms with Gasteiger partial charge < -0.3 is 19.0 Å². The third-order valence-corrected chi connectivity index (χ3v) is 5.63. The Labute approximate surface area is 213 Å². The third kappa shape index (κ3) is 7.60. The molecule has 0 fully saturated rings. The van der Waals surface area contributed by atoms with E-state index in [1.807, 2.05) is 0 Å². The highest BCUT2D eigenvalue weighted by atomic mass is 19.1. The first-order valence-corrected chi connectivity index (χ1v) is 11.9. The van der Waals surface area contributed by atoms with Crippen LogP contribution in [0.4, 0.5) is 4.39 Å². The minimum atomic E-state index is -0.498. The van der Waals surface area contributed by atoms with Crippen molar-refractivity contribution in [3.8, 4) is 0 Å². The van der Waals surface area contributed by atoms with Crippen molar-refractivity contribution < 1.29 is 27.9 Å². The number of hydrogen-bond donors (Lipinski definition) is 0. The lowest BCUT2D eigenvalue weighted by Gasteiger charge is -2.27. The van der Waals surface area contributed by atoms with Crippen molar-refractivity contribution >= 4 is 28.8 Å². The van der Waals surface area contributed by atoms with Crippen molar-refractivity contribution in [3.63, 3.8) is 0 Å². The molecule has 3 aromatic rings. The number of benzene rings is 2. The first-order valence-electron chi connectivity index (χ1n) is 11.9. The molecule has 2 amide bonds. The Morgan fingerprint density at radius 1 is 1.00 bits per heavy atom. The van der Waals surface area contributed by atoms with Crippen LogP contribution >= 0.6 is 0 Å². The summed E-state index contributed by atoms with van der Waals surface area (Å²) in [6.07, 6.45) is 2.58. The Morgan fingerprint density at radius 3 is 2.43 bits per heavy atom. The Hall–Kier alpha value is -4.27. The second-order valence-corrected chi connectivity index (χ2v) is 8.33. The molecular formula is C28H29FN2O6. The van der Waals surface area contributed by atoms with Crippen LogP contribution in [0.3, 0.4) is 0 Å². The molecule has 0 unspecified atom stereocenters. The van der Waals surface area contributed by atoms with Crippen LogP contribution in [-0.4, -0.2) is 47.3 Å². The number of carbonyl (C=O) groups is 3. The molecule has 1 heterocycles. The summed E-state index contributed by atoms with van der Waals surface area (Å²) in [6, 6.07) is 12.5. The van der Waals surface area contributed by atoms with Crippen LogP contribution in [0.15, 0.2) is 76.7 Å². The highest BCUT2D eigenvalue weighted by Crippen LogP contribution is 2.15. The van der Waals surface area contributed by atoms with Crippen molar-refractivity contribution in [3.05, 3.63) is 94.6 Å². The zero-order chi connectivity index (χ0) is 26.8. The first-order chi connectivity index (χ1) is 17.8. The zero-order valence-electron chi connectivity index (χ0n) is 20.7. The van der Waals surface area contributed by atoms with E-state index in [-0.39, 0.29) is 56.6 Å². The van der Waals surface area contributed by atoms with Crippen molar-refractivity contribution in [1.29, 1.82) is 0 Å². The maximum atomic E-state index is 13.4. The summed E-state index contributed by atoms with van der Waals surface area (Å²) in [7, 11) is 0. The molecule has 3 rings (SSSR count). The van der Waals surface area contributed by atoms with Gasteiger partial charge in [0.2, 0.25) is 11.8 Å². The van der Waals surface area contributed by atoms with Crippen molar-refractivity contribution in [2.75, 3.05) is 19.7 Å². The minimum absolute atomic E-state index is 0.0737. The van der Waals surface area contributed by atoms with Crippen LogP contribution in [0.25, 0.3) is 11.0 Å². The number of hydrogen-bond acceptors (Lipinski definition) is 6.